The fourth-order valence-electron chi connectivity index (χ4n) is 1.51. The van der Waals surface area contributed by atoms with E-state index in [-0.39, 0.29) is 5.75 Å². The molecule has 4 heteroatoms. The minimum absolute atomic E-state index is 0.211. The molecule has 0 saturated heterocycles. The Morgan fingerprint density at radius 2 is 2.00 bits per heavy atom. The fraction of sp³-hybridized carbons (Fsp3) is 0.0714. The highest BCUT2D eigenvalue weighted by atomic mass is 32.2. The molecule has 1 N–H and O–H groups in total. The monoisotopic (exact) mass is 259 g/mol. The van der Waals surface area contributed by atoms with Gasteiger partial charge in [-0.3, -0.25) is 0 Å². The minimum atomic E-state index is -0.414. The molecule has 0 aliphatic heterocycles. The van der Waals surface area contributed by atoms with Crippen LogP contribution in [-0.2, 0) is 5.75 Å². The standard InChI is InChI=1S/C14H10FNOS/c15-12-6-5-10(11(7-12)8-16)9-18-14-4-2-1-3-13(14)17/h1-7,17H,9H2. The predicted octanol–water partition coefficient (Wildman–Crippen LogP) is 3.70. The maximum Gasteiger partial charge on any atom is 0.129 e. The third-order valence-electron chi connectivity index (χ3n) is 2.44. The second-order valence-electron chi connectivity index (χ2n) is 3.67. The number of hydrogen-bond donors (Lipinski definition) is 1. The van der Waals surface area contributed by atoms with Gasteiger partial charge in [0.1, 0.15) is 11.6 Å². The zero-order chi connectivity index (χ0) is 13.0. The Balaban J connectivity index is 2.16. The van der Waals surface area contributed by atoms with E-state index in [4.69, 9.17) is 5.26 Å². The van der Waals surface area contributed by atoms with E-state index in [0.717, 1.165) is 10.5 Å². The molecule has 2 aromatic rings. The zero-order valence-electron chi connectivity index (χ0n) is 9.43. The lowest BCUT2D eigenvalue weighted by molar-refractivity contribution is 0.462. The Bertz CT molecular complexity index is 607. The highest BCUT2D eigenvalue weighted by Crippen LogP contribution is 2.31. The minimum Gasteiger partial charge on any atom is -0.507 e. The van der Waals surface area contributed by atoms with E-state index >= 15 is 0 Å². The summed E-state index contributed by atoms with van der Waals surface area (Å²) in [7, 11) is 0. The number of hydrogen-bond acceptors (Lipinski definition) is 3. The van der Waals surface area contributed by atoms with Crippen molar-refractivity contribution in [2.45, 2.75) is 10.6 Å². The summed E-state index contributed by atoms with van der Waals surface area (Å²) in [5.74, 6) is 0.312. The average molecular weight is 259 g/mol. The molecule has 90 valence electrons. The fourth-order valence-corrected chi connectivity index (χ4v) is 2.47. The first-order valence-electron chi connectivity index (χ1n) is 5.30. The summed E-state index contributed by atoms with van der Waals surface area (Å²) in [6, 6.07) is 13.1. The molecule has 0 spiro atoms. The Kier molecular flexibility index (Phi) is 3.85. The third kappa shape index (κ3) is 2.82. The number of phenolic OH excluding ortho intramolecular Hbond substituents is 1. The van der Waals surface area contributed by atoms with Gasteiger partial charge in [-0.2, -0.15) is 5.26 Å². The zero-order valence-corrected chi connectivity index (χ0v) is 10.2. The van der Waals surface area contributed by atoms with Crippen LogP contribution in [0.25, 0.3) is 0 Å². The lowest BCUT2D eigenvalue weighted by atomic mass is 10.1. The molecular weight excluding hydrogens is 249 g/mol. The molecule has 0 bridgehead atoms. The second kappa shape index (κ2) is 5.56. The topological polar surface area (TPSA) is 44.0 Å². The Labute approximate surface area is 109 Å². The van der Waals surface area contributed by atoms with Crippen LogP contribution in [0.5, 0.6) is 5.75 Å². The number of para-hydroxylation sites is 1. The number of aromatic hydroxyl groups is 1. The highest BCUT2D eigenvalue weighted by Gasteiger charge is 2.06. The summed E-state index contributed by atoms with van der Waals surface area (Å²) >= 11 is 1.41. The van der Waals surface area contributed by atoms with Gasteiger partial charge in [-0.25, -0.2) is 4.39 Å². The molecule has 0 aliphatic rings. The van der Waals surface area contributed by atoms with E-state index in [1.54, 1.807) is 24.3 Å². The first-order valence-corrected chi connectivity index (χ1v) is 6.28. The van der Waals surface area contributed by atoms with E-state index in [0.29, 0.717) is 11.3 Å². The lowest BCUT2D eigenvalue weighted by Gasteiger charge is -2.05. The van der Waals surface area contributed by atoms with Gasteiger partial charge in [0.25, 0.3) is 0 Å². The van der Waals surface area contributed by atoms with Gasteiger partial charge in [0.2, 0.25) is 0 Å². The number of nitriles is 1. The van der Waals surface area contributed by atoms with E-state index < -0.39 is 5.82 Å². The predicted molar refractivity (Wildman–Crippen MR) is 68.8 cm³/mol. The molecule has 0 aliphatic carbocycles. The van der Waals surface area contributed by atoms with Crippen LogP contribution in [0.4, 0.5) is 4.39 Å². The summed E-state index contributed by atoms with van der Waals surface area (Å²) in [5.41, 5.74) is 1.09. The summed E-state index contributed by atoms with van der Waals surface area (Å²) < 4.78 is 13.0. The molecular formula is C14H10FNOS. The second-order valence-corrected chi connectivity index (χ2v) is 4.69. The van der Waals surface area contributed by atoms with Crippen LogP contribution in [0.1, 0.15) is 11.1 Å². The molecule has 0 aromatic heterocycles. The molecule has 0 saturated carbocycles. The molecule has 0 fully saturated rings. The van der Waals surface area contributed by atoms with Crippen LogP contribution in [0.3, 0.4) is 0 Å². The van der Waals surface area contributed by atoms with Crippen LogP contribution >= 0.6 is 11.8 Å². The van der Waals surface area contributed by atoms with E-state index in [1.165, 1.54) is 23.9 Å². The summed E-state index contributed by atoms with van der Waals surface area (Å²) in [5, 5.41) is 18.5. The molecule has 2 rings (SSSR count). The molecule has 0 heterocycles. The van der Waals surface area contributed by atoms with Gasteiger partial charge in [-0.1, -0.05) is 18.2 Å². The quantitative estimate of drug-likeness (QED) is 0.855. The molecule has 2 nitrogen and oxygen atoms in total. The number of rotatable bonds is 3. The van der Waals surface area contributed by atoms with Crippen molar-refractivity contribution >= 4 is 11.8 Å². The van der Waals surface area contributed by atoms with Crippen molar-refractivity contribution in [3.8, 4) is 11.8 Å². The van der Waals surface area contributed by atoms with Crippen molar-refractivity contribution < 1.29 is 9.50 Å². The van der Waals surface area contributed by atoms with Gasteiger partial charge in [0.15, 0.2) is 0 Å². The van der Waals surface area contributed by atoms with Crippen LogP contribution in [0.2, 0.25) is 0 Å². The van der Waals surface area contributed by atoms with Gasteiger partial charge in [-0.15, -0.1) is 11.8 Å². The van der Waals surface area contributed by atoms with Gasteiger partial charge in [-0.05, 0) is 29.8 Å². The van der Waals surface area contributed by atoms with E-state index in [9.17, 15) is 9.50 Å². The SMILES string of the molecule is N#Cc1cc(F)ccc1CSc1ccccc1O. The number of benzene rings is 2. The van der Waals surface area contributed by atoms with E-state index in [2.05, 4.69) is 0 Å². The van der Waals surface area contributed by atoms with Gasteiger partial charge >= 0.3 is 0 Å². The number of thioether (sulfide) groups is 1. The first-order chi connectivity index (χ1) is 8.70. The summed E-state index contributed by atoms with van der Waals surface area (Å²) in [6.07, 6.45) is 0. The smallest absolute Gasteiger partial charge is 0.129 e. The number of phenols is 1. The van der Waals surface area contributed by atoms with Crippen molar-refractivity contribution in [2.75, 3.05) is 0 Å². The maximum atomic E-state index is 13.0. The largest absolute Gasteiger partial charge is 0.507 e. The molecule has 0 atom stereocenters. The molecule has 0 radical (unpaired) electrons. The Morgan fingerprint density at radius 1 is 1.22 bits per heavy atom. The van der Waals surface area contributed by atoms with Crippen molar-refractivity contribution in [2.24, 2.45) is 0 Å². The summed E-state index contributed by atoms with van der Waals surface area (Å²) in [4.78, 5) is 0.741. The lowest BCUT2D eigenvalue weighted by Crippen LogP contribution is -1.89. The van der Waals surface area contributed by atoms with Crippen molar-refractivity contribution in [3.63, 3.8) is 0 Å². The Morgan fingerprint density at radius 3 is 2.72 bits per heavy atom. The maximum absolute atomic E-state index is 13.0. The molecule has 0 unspecified atom stereocenters. The third-order valence-corrected chi connectivity index (χ3v) is 3.55. The summed E-state index contributed by atoms with van der Waals surface area (Å²) in [6.45, 7) is 0. The van der Waals surface area contributed by atoms with Gasteiger partial charge in [0, 0.05) is 10.6 Å². The van der Waals surface area contributed by atoms with Crippen molar-refractivity contribution in [1.29, 1.82) is 5.26 Å². The molecule has 0 amide bonds. The number of halogens is 1. The van der Waals surface area contributed by atoms with Crippen LogP contribution in [0, 0.1) is 17.1 Å². The molecule has 2 aromatic carbocycles. The Hall–Kier alpha value is -1.99. The van der Waals surface area contributed by atoms with Crippen LogP contribution < -0.4 is 0 Å². The molecule has 18 heavy (non-hydrogen) atoms. The first kappa shape index (κ1) is 12.5. The van der Waals surface area contributed by atoms with Crippen LogP contribution in [0.15, 0.2) is 47.4 Å². The number of nitrogens with zero attached hydrogens (tertiary/aromatic N) is 1. The van der Waals surface area contributed by atoms with E-state index in [1.807, 2.05) is 12.1 Å². The highest BCUT2D eigenvalue weighted by molar-refractivity contribution is 7.98. The average Bonchev–Trinajstić information content (AvgIpc) is 2.39. The van der Waals surface area contributed by atoms with Crippen LogP contribution in [-0.4, -0.2) is 5.11 Å². The van der Waals surface area contributed by atoms with Crippen molar-refractivity contribution in [3.05, 3.63) is 59.4 Å². The van der Waals surface area contributed by atoms with Crippen molar-refractivity contribution in [1.82, 2.24) is 0 Å². The van der Waals surface area contributed by atoms with Gasteiger partial charge < -0.3 is 5.11 Å². The van der Waals surface area contributed by atoms with Gasteiger partial charge in [0.05, 0.1) is 11.6 Å². The normalized spacial score (nSPS) is 10.0.